The lowest BCUT2D eigenvalue weighted by molar-refractivity contribution is 0.420. The van der Waals surface area contributed by atoms with E-state index in [1.165, 1.54) is 11.3 Å². The quantitative estimate of drug-likeness (QED) is 0.769. The van der Waals surface area contributed by atoms with Crippen LogP contribution in [0.5, 0.6) is 5.75 Å². The lowest BCUT2D eigenvalue weighted by Gasteiger charge is -1.99. The average Bonchev–Trinajstić information content (AvgIpc) is 2.57. The average molecular weight is 205 g/mol. The van der Waals surface area contributed by atoms with Gasteiger partial charge in [-0.25, -0.2) is 4.98 Å². The Morgan fingerprint density at radius 2 is 2.36 bits per heavy atom. The summed E-state index contributed by atoms with van der Waals surface area (Å²) in [4.78, 5) is 4.09. The lowest BCUT2D eigenvalue weighted by Crippen LogP contribution is -1.85. The molecule has 0 spiro atoms. The van der Waals surface area contributed by atoms with Crippen LogP contribution in [0.25, 0.3) is 10.2 Å². The van der Waals surface area contributed by atoms with Crippen LogP contribution in [-0.4, -0.2) is 12.1 Å². The maximum atomic E-state index is 8.84. The number of thiazole rings is 1. The molecule has 0 aliphatic heterocycles. The minimum Gasteiger partial charge on any atom is -0.495 e. The molecule has 0 atom stereocenters. The third-order valence-electron chi connectivity index (χ3n) is 1.86. The van der Waals surface area contributed by atoms with Crippen LogP contribution >= 0.6 is 11.3 Å². The van der Waals surface area contributed by atoms with Crippen LogP contribution in [0.3, 0.4) is 0 Å². The third-order valence-corrected chi connectivity index (χ3v) is 2.76. The van der Waals surface area contributed by atoms with Crippen LogP contribution in [-0.2, 0) is 0 Å². The van der Waals surface area contributed by atoms with Crippen LogP contribution in [0.1, 0.15) is 5.56 Å². The molecule has 5 heteroatoms. The molecule has 4 nitrogen and oxygen atoms in total. The fourth-order valence-corrected chi connectivity index (χ4v) is 2.10. The third kappa shape index (κ3) is 1.17. The standard InChI is InChI=1S/C9H7N3OS/c1-13-6-3-2-5(4-10)7-8(6)14-9(11)12-7/h2-3H,1H3,(H2,11,12). The summed E-state index contributed by atoms with van der Waals surface area (Å²) in [6, 6.07) is 5.50. The van der Waals surface area contributed by atoms with Gasteiger partial charge in [-0.05, 0) is 12.1 Å². The number of hydrogen-bond donors (Lipinski definition) is 1. The maximum absolute atomic E-state index is 8.84. The van der Waals surface area contributed by atoms with Crippen molar-refractivity contribution in [3.63, 3.8) is 0 Å². The summed E-state index contributed by atoms with van der Waals surface area (Å²) in [7, 11) is 1.58. The zero-order chi connectivity index (χ0) is 10.1. The molecule has 2 N–H and O–H groups in total. The van der Waals surface area contributed by atoms with Crippen LogP contribution in [0.2, 0.25) is 0 Å². The first-order valence-electron chi connectivity index (χ1n) is 3.89. The van der Waals surface area contributed by atoms with Gasteiger partial charge in [-0.3, -0.25) is 0 Å². The Hall–Kier alpha value is -1.80. The molecule has 0 unspecified atom stereocenters. The van der Waals surface area contributed by atoms with Gasteiger partial charge in [0, 0.05) is 0 Å². The van der Waals surface area contributed by atoms with E-state index in [0.717, 1.165) is 4.70 Å². The summed E-state index contributed by atoms with van der Waals surface area (Å²) in [5.74, 6) is 0.702. The molecule has 0 bridgehead atoms. The van der Waals surface area contributed by atoms with Crippen molar-refractivity contribution in [1.29, 1.82) is 5.26 Å². The molecule has 2 rings (SSSR count). The van der Waals surface area contributed by atoms with Gasteiger partial charge in [-0.15, -0.1) is 0 Å². The highest BCUT2D eigenvalue weighted by molar-refractivity contribution is 7.22. The number of nitrogens with two attached hydrogens (primary N) is 1. The Morgan fingerprint density at radius 3 is 3.00 bits per heavy atom. The Bertz CT molecular complexity index is 527. The van der Waals surface area contributed by atoms with E-state index < -0.39 is 0 Å². The lowest BCUT2D eigenvalue weighted by atomic mass is 10.2. The molecule has 0 amide bonds. The van der Waals surface area contributed by atoms with Crippen LogP contribution in [0, 0.1) is 11.3 Å². The number of benzene rings is 1. The SMILES string of the molecule is COc1ccc(C#N)c2nc(N)sc12. The summed E-state index contributed by atoms with van der Waals surface area (Å²) >= 11 is 1.32. The molecule has 1 aromatic heterocycles. The van der Waals surface area contributed by atoms with Gasteiger partial charge < -0.3 is 10.5 Å². The van der Waals surface area contributed by atoms with Gasteiger partial charge in [0.2, 0.25) is 0 Å². The van der Waals surface area contributed by atoms with Crippen LogP contribution in [0.4, 0.5) is 5.13 Å². The first-order valence-corrected chi connectivity index (χ1v) is 4.71. The molecule has 1 heterocycles. The van der Waals surface area contributed by atoms with E-state index in [2.05, 4.69) is 11.1 Å². The van der Waals surface area contributed by atoms with E-state index in [0.29, 0.717) is 22.0 Å². The van der Waals surface area contributed by atoms with Gasteiger partial charge in [0.1, 0.15) is 17.3 Å². The summed E-state index contributed by atoms with van der Waals surface area (Å²) in [5.41, 5.74) is 6.72. The first kappa shape index (κ1) is 8.78. The van der Waals surface area contributed by atoms with Crippen LogP contribution in [0.15, 0.2) is 12.1 Å². The number of ether oxygens (including phenoxy) is 1. The van der Waals surface area contributed by atoms with Crippen LogP contribution < -0.4 is 10.5 Å². The van der Waals surface area contributed by atoms with E-state index in [1.807, 2.05) is 0 Å². The fraction of sp³-hybridized carbons (Fsp3) is 0.111. The molecule has 0 fully saturated rings. The molecular formula is C9H7N3OS. The van der Waals surface area contributed by atoms with E-state index >= 15 is 0 Å². The number of aromatic nitrogens is 1. The van der Waals surface area contributed by atoms with Crippen molar-refractivity contribution in [2.75, 3.05) is 12.8 Å². The largest absolute Gasteiger partial charge is 0.495 e. The number of fused-ring (bicyclic) bond motifs is 1. The molecule has 0 saturated carbocycles. The summed E-state index contributed by atoms with van der Waals surface area (Å²) in [5, 5.41) is 9.29. The number of nitrogens with zero attached hydrogens (tertiary/aromatic N) is 2. The van der Waals surface area contributed by atoms with Gasteiger partial charge in [-0.1, -0.05) is 11.3 Å². The zero-order valence-corrected chi connectivity index (χ0v) is 8.26. The summed E-state index contributed by atoms with van der Waals surface area (Å²) in [6.07, 6.45) is 0. The van der Waals surface area contributed by atoms with Gasteiger partial charge >= 0.3 is 0 Å². The predicted molar refractivity (Wildman–Crippen MR) is 55.3 cm³/mol. The number of nitriles is 1. The minimum absolute atomic E-state index is 0.445. The van der Waals surface area contributed by atoms with Gasteiger partial charge in [0.05, 0.1) is 17.4 Å². The first-order chi connectivity index (χ1) is 6.76. The fourth-order valence-electron chi connectivity index (χ4n) is 1.25. The number of methoxy groups -OCH3 is 1. The molecule has 2 aromatic rings. The Labute approximate surface area is 84.5 Å². The molecule has 1 aromatic carbocycles. The zero-order valence-electron chi connectivity index (χ0n) is 7.44. The van der Waals surface area contributed by atoms with E-state index in [-0.39, 0.29) is 0 Å². The normalized spacial score (nSPS) is 10.0. The molecule has 0 aliphatic carbocycles. The minimum atomic E-state index is 0.445. The molecule has 0 aliphatic rings. The smallest absolute Gasteiger partial charge is 0.181 e. The van der Waals surface area contributed by atoms with Crippen molar-refractivity contribution in [3.8, 4) is 11.8 Å². The number of nitrogen functional groups attached to an aromatic ring is 1. The second-order valence-corrected chi connectivity index (χ2v) is 3.69. The van der Waals surface area contributed by atoms with Crippen molar-refractivity contribution < 1.29 is 4.74 Å². The van der Waals surface area contributed by atoms with Gasteiger partial charge in [0.25, 0.3) is 0 Å². The van der Waals surface area contributed by atoms with Crippen molar-refractivity contribution >= 4 is 26.7 Å². The molecule has 70 valence electrons. The van der Waals surface area contributed by atoms with Crippen molar-refractivity contribution in [2.24, 2.45) is 0 Å². The highest BCUT2D eigenvalue weighted by Gasteiger charge is 2.10. The van der Waals surface area contributed by atoms with E-state index in [1.54, 1.807) is 19.2 Å². The predicted octanol–water partition coefficient (Wildman–Crippen LogP) is 1.76. The van der Waals surface area contributed by atoms with Crippen molar-refractivity contribution in [3.05, 3.63) is 17.7 Å². The second-order valence-electron chi connectivity index (χ2n) is 2.66. The Kier molecular flexibility index (Phi) is 1.98. The summed E-state index contributed by atoms with van der Waals surface area (Å²) in [6.45, 7) is 0. The molecule has 0 radical (unpaired) electrons. The molecular weight excluding hydrogens is 198 g/mol. The van der Waals surface area contributed by atoms with Crippen molar-refractivity contribution in [1.82, 2.24) is 4.98 Å². The molecule has 0 saturated heterocycles. The van der Waals surface area contributed by atoms with E-state index in [4.69, 9.17) is 15.7 Å². The maximum Gasteiger partial charge on any atom is 0.181 e. The Balaban J connectivity index is 2.86. The molecule has 14 heavy (non-hydrogen) atoms. The highest BCUT2D eigenvalue weighted by atomic mass is 32.1. The highest BCUT2D eigenvalue weighted by Crippen LogP contribution is 2.34. The number of anilines is 1. The Morgan fingerprint density at radius 1 is 1.57 bits per heavy atom. The summed E-state index contributed by atoms with van der Waals surface area (Å²) < 4.78 is 5.97. The van der Waals surface area contributed by atoms with Gasteiger partial charge in [0.15, 0.2) is 5.13 Å². The topological polar surface area (TPSA) is 71.9 Å². The van der Waals surface area contributed by atoms with Crippen molar-refractivity contribution in [2.45, 2.75) is 0 Å². The van der Waals surface area contributed by atoms with Gasteiger partial charge in [-0.2, -0.15) is 5.26 Å². The number of hydrogen-bond acceptors (Lipinski definition) is 5. The number of rotatable bonds is 1. The second kappa shape index (κ2) is 3.16. The van der Waals surface area contributed by atoms with E-state index in [9.17, 15) is 0 Å². The monoisotopic (exact) mass is 205 g/mol.